The molecule has 39 heavy (non-hydrogen) atoms. The number of halogens is 2. The summed E-state index contributed by atoms with van der Waals surface area (Å²) in [5.41, 5.74) is 0.690. The van der Waals surface area contributed by atoms with Crippen LogP contribution in [0.1, 0.15) is 24.1 Å². The zero-order valence-corrected chi connectivity index (χ0v) is 20.8. The molecule has 1 saturated heterocycles. The highest BCUT2D eigenvalue weighted by molar-refractivity contribution is 5.99. The van der Waals surface area contributed by atoms with E-state index >= 15 is 4.39 Å². The lowest BCUT2D eigenvalue weighted by Gasteiger charge is -2.43. The summed E-state index contributed by atoms with van der Waals surface area (Å²) in [6.45, 7) is 2.99. The smallest absolute Gasteiger partial charge is 0.407 e. The number of ether oxygens (including phenoxy) is 1. The van der Waals surface area contributed by atoms with Crippen LogP contribution in [0.25, 0.3) is 16.8 Å². The zero-order chi connectivity index (χ0) is 27.6. The molecule has 0 saturated carbocycles. The maximum atomic E-state index is 15.2. The molecule has 11 nitrogen and oxygen atoms in total. The van der Waals surface area contributed by atoms with E-state index in [2.05, 4.69) is 15.0 Å². The molecule has 2 amide bonds. The summed E-state index contributed by atoms with van der Waals surface area (Å²) in [6, 6.07) is 5.59. The number of hydrogen-bond acceptors (Lipinski definition) is 7. The molecule has 1 fully saturated rings. The van der Waals surface area contributed by atoms with Crippen LogP contribution >= 0.6 is 0 Å². The van der Waals surface area contributed by atoms with Crippen molar-refractivity contribution in [2.45, 2.75) is 32.1 Å². The Morgan fingerprint density at radius 2 is 1.92 bits per heavy atom. The molecule has 0 spiro atoms. The Morgan fingerprint density at radius 1 is 1.21 bits per heavy atom. The first-order valence-corrected chi connectivity index (χ1v) is 12.0. The molecule has 2 aliphatic rings. The molecule has 0 unspecified atom stereocenters. The van der Waals surface area contributed by atoms with Crippen molar-refractivity contribution >= 4 is 23.3 Å². The number of nitrogens with zero attached hydrogens (tertiary/aromatic N) is 6. The van der Waals surface area contributed by atoms with E-state index in [0.29, 0.717) is 22.6 Å². The fraction of sp³-hybridized carbons (Fsp3) is 0.269. The normalized spacial score (nSPS) is 18.1. The average Bonchev–Trinajstić information content (AvgIpc) is 3.18. The van der Waals surface area contributed by atoms with Crippen molar-refractivity contribution in [3.63, 3.8) is 0 Å². The molecule has 2 N–H and O–H groups in total. The standard InChI is InChI=1S/C26H22F2N6O5/c1-13-20(10-34-19-5-3-4-17(27)22(19)39-14(2)23(34)35)33-9-16(18(28)6-21(33)31-13)15-7-29-24(30-8-15)26(38)11-32(12-26)25(36)37/h3-9,14,38H,10-12H2,1-2H3,(H,36,37)/t14-/m1/s1. The number of para-hydroxylation sites is 1. The van der Waals surface area contributed by atoms with Crippen LogP contribution in [0.5, 0.6) is 5.75 Å². The molecular weight excluding hydrogens is 514 g/mol. The third-order valence-electron chi connectivity index (χ3n) is 7.02. The van der Waals surface area contributed by atoms with Gasteiger partial charge in [-0.25, -0.2) is 28.5 Å². The van der Waals surface area contributed by atoms with Crippen LogP contribution in [0.3, 0.4) is 0 Å². The second-order valence-corrected chi connectivity index (χ2v) is 9.65. The molecule has 5 heterocycles. The van der Waals surface area contributed by atoms with Gasteiger partial charge in [0.25, 0.3) is 5.91 Å². The molecule has 1 atom stereocenters. The lowest BCUT2D eigenvalue weighted by atomic mass is 9.93. The Morgan fingerprint density at radius 3 is 2.62 bits per heavy atom. The number of anilines is 1. The highest BCUT2D eigenvalue weighted by atomic mass is 19.1. The number of amides is 2. The van der Waals surface area contributed by atoms with Gasteiger partial charge in [0.1, 0.15) is 11.5 Å². The second-order valence-electron chi connectivity index (χ2n) is 9.65. The number of carbonyl (C=O) groups excluding carboxylic acids is 1. The molecule has 6 rings (SSSR count). The molecule has 1 aromatic carbocycles. The third kappa shape index (κ3) is 3.93. The van der Waals surface area contributed by atoms with Gasteiger partial charge in [0.15, 0.2) is 29.1 Å². The van der Waals surface area contributed by atoms with Crippen molar-refractivity contribution < 1.29 is 33.3 Å². The molecule has 3 aromatic heterocycles. The van der Waals surface area contributed by atoms with Crippen molar-refractivity contribution in [2.75, 3.05) is 18.0 Å². The number of carboxylic acid groups (broad SMARTS) is 1. The number of aryl methyl sites for hydroxylation is 1. The van der Waals surface area contributed by atoms with E-state index in [1.165, 1.54) is 41.7 Å². The van der Waals surface area contributed by atoms with Crippen LogP contribution in [0.4, 0.5) is 19.3 Å². The van der Waals surface area contributed by atoms with E-state index < -0.39 is 29.4 Å². The number of likely N-dealkylation sites (tertiary alicyclic amines) is 1. The highest BCUT2D eigenvalue weighted by Crippen LogP contribution is 2.38. The molecule has 13 heteroatoms. The van der Waals surface area contributed by atoms with Crippen LogP contribution in [0, 0.1) is 18.6 Å². The average molecular weight is 536 g/mol. The zero-order valence-electron chi connectivity index (χ0n) is 20.8. The van der Waals surface area contributed by atoms with Gasteiger partial charge in [-0.15, -0.1) is 0 Å². The summed E-state index contributed by atoms with van der Waals surface area (Å²) >= 11 is 0. The SMILES string of the molecule is Cc1nc2cc(F)c(-c3cnc(C4(O)CN(C(=O)O)C4)nc3)cn2c1CN1C(=O)[C@@H](C)Oc2c(F)cccc21. The number of β-amino-alcohol motifs (C(OH)–C–C–N with tert-alkyl or cyclic N) is 1. The number of imidazole rings is 1. The molecule has 0 radical (unpaired) electrons. The monoisotopic (exact) mass is 536 g/mol. The maximum Gasteiger partial charge on any atom is 0.407 e. The Bertz CT molecular complexity index is 1650. The third-order valence-corrected chi connectivity index (χ3v) is 7.02. The molecule has 2 aliphatic heterocycles. The minimum Gasteiger partial charge on any atom is -0.476 e. The first-order valence-electron chi connectivity index (χ1n) is 12.0. The molecule has 4 aromatic rings. The van der Waals surface area contributed by atoms with E-state index in [1.54, 1.807) is 24.3 Å². The van der Waals surface area contributed by atoms with Crippen LogP contribution in [0.15, 0.2) is 42.9 Å². The van der Waals surface area contributed by atoms with Crippen LogP contribution in [0.2, 0.25) is 0 Å². The number of pyridine rings is 1. The van der Waals surface area contributed by atoms with Crippen molar-refractivity contribution in [2.24, 2.45) is 0 Å². The van der Waals surface area contributed by atoms with Crippen molar-refractivity contribution in [3.05, 3.63) is 71.7 Å². The van der Waals surface area contributed by atoms with Gasteiger partial charge in [-0.1, -0.05) is 6.07 Å². The van der Waals surface area contributed by atoms with E-state index in [9.17, 15) is 19.1 Å². The number of carbonyl (C=O) groups is 2. The maximum absolute atomic E-state index is 15.2. The van der Waals surface area contributed by atoms with Gasteiger partial charge in [0.2, 0.25) is 0 Å². The number of fused-ring (bicyclic) bond motifs is 2. The Hall–Kier alpha value is -4.65. The van der Waals surface area contributed by atoms with E-state index in [-0.39, 0.29) is 48.4 Å². The van der Waals surface area contributed by atoms with Gasteiger partial charge in [-0.2, -0.15) is 0 Å². The molecule has 0 aliphatic carbocycles. The number of benzene rings is 1. The lowest BCUT2D eigenvalue weighted by Crippen LogP contribution is -2.61. The number of hydrogen-bond donors (Lipinski definition) is 2. The van der Waals surface area contributed by atoms with E-state index in [0.717, 1.165) is 4.90 Å². The largest absolute Gasteiger partial charge is 0.476 e. The van der Waals surface area contributed by atoms with Gasteiger partial charge < -0.3 is 24.3 Å². The summed E-state index contributed by atoms with van der Waals surface area (Å²) in [4.78, 5) is 39.3. The summed E-state index contributed by atoms with van der Waals surface area (Å²) < 4.78 is 36.8. The second kappa shape index (κ2) is 8.70. The summed E-state index contributed by atoms with van der Waals surface area (Å²) in [7, 11) is 0. The van der Waals surface area contributed by atoms with E-state index in [1.807, 2.05) is 0 Å². The van der Waals surface area contributed by atoms with Gasteiger partial charge in [-0.3, -0.25) is 9.69 Å². The topological polar surface area (TPSA) is 133 Å². The predicted octanol–water partition coefficient (Wildman–Crippen LogP) is 2.87. The van der Waals surface area contributed by atoms with E-state index in [4.69, 9.17) is 9.84 Å². The lowest BCUT2D eigenvalue weighted by molar-refractivity contribution is -0.125. The molecule has 200 valence electrons. The van der Waals surface area contributed by atoms with Crippen molar-refractivity contribution in [3.8, 4) is 16.9 Å². The number of aliphatic hydroxyl groups is 1. The number of aromatic nitrogens is 4. The molecular formula is C26H22F2N6O5. The first kappa shape index (κ1) is 24.7. The van der Waals surface area contributed by atoms with Gasteiger partial charge in [0.05, 0.1) is 36.7 Å². The predicted molar refractivity (Wildman–Crippen MR) is 132 cm³/mol. The van der Waals surface area contributed by atoms with Crippen LogP contribution < -0.4 is 9.64 Å². The van der Waals surface area contributed by atoms with Gasteiger partial charge in [0, 0.05) is 35.8 Å². The fourth-order valence-corrected chi connectivity index (χ4v) is 4.91. The minimum absolute atomic E-state index is 0.0142. The Kier molecular flexibility index (Phi) is 5.50. The number of rotatable bonds is 4. The molecule has 0 bridgehead atoms. The van der Waals surface area contributed by atoms with Crippen molar-refractivity contribution in [1.29, 1.82) is 0 Å². The van der Waals surface area contributed by atoms with Gasteiger partial charge in [-0.05, 0) is 26.0 Å². The first-order chi connectivity index (χ1) is 18.6. The van der Waals surface area contributed by atoms with Crippen LogP contribution in [-0.2, 0) is 16.9 Å². The Balaban J connectivity index is 1.36. The Labute approximate surface area is 219 Å². The summed E-state index contributed by atoms with van der Waals surface area (Å²) in [6.07, 6.45) is 2.17. The fourth-order valence-electron chi connectivity index (χ4n) is 4.91. The van der Waals surface area contributed by atoms with Crippen LogP contribution in [-0.4, -0.2) is 65.7 Å². The summed E-state index contributed by atoms with van der Waals surface area (Å²) in [5, 5.41) is 19.6. The van der Waals surface area contributed by atoms with Gasteiger partial charge >= 0.3 is 6.09 Å². The minimum atomic E-state index is -1.51. The van der Waals surface area contributed by atoms with Crippen molar-refractivity contribution in [1.82, 2.24) is 24.3 Å². The quantitative estimate of drug-likeness (QED) is 0.407. The summed E-state index contributed by atoms with van der Waals surface area (Å²) in [5.74, 6) is -1.50. The highest BCUT2D eigenvalue weighted by Gasteiger charge is 2.47.